The zero-order valence-corrected chi connectivity index (χ0v) is 18.9. The third-order valence-corrected chi connectivity index (χ3v) is 7.70. The van der Waals surface area contributed by atoms with Gasteiger partial charge in [-0.15, -0.1) is 0 Å². The molecule has 1 aromatic rings. The van der Waals surface area contributed by atoms with E-state index in [4.69, 9.17) is 0 Å². The maximum absolute atomic E-state index is 13.0. The SMILES string of the molecule is CS(=O)(=O)c1ccc(N2CCN(C(=O)C3CCN(C(=O)C4CC4)CC3)CC2)c([N+](=O)[O-])c1. The van der Waals surface area contributed by atoms with E-state index >= 15 is 0 Å². The molecule has 2 saturated heterocycles. The van der Waals surface area contributed by atoms with Crippen LogP contribution >= 0.6 is 0 Å². The van der Waals surface area contributed by atoms with Crippen molar-refractivity contribution in [3.05, 3.63) is 28.3 Å². The Bertz CT molecular complexity index is 1020. The number of sulfone groups is 1. The van der Waals surface area contributed by atoms with Gasteiger partial charge >= 0.3 is 0 Å². The number of likely N-dealkylation sites (tertiary alicyclic amines) is 1. The minimum absolute atomic E-state index is 0.0881. The van der Waals surface area contributed by atoms with Gasteiger partial charge in [0.05, 0.1) is 9.82 Å². The normalized spacial score (nSPS) is 20.3. The summed E-state index contributed by atoms with van der Waals surface area (Å²) in [5.41, 5.74) is 0.113. The number of anilines is 1. The molecule has 0 radical (unpaired) electrons. The van der Waals surface area contributed by atoms with Gasteiger partial charge < -0.3 is 14.7 Å². The van der Waals surface area contributed by atoms with Crippen LogP contribution in [0.4, 0.5) is 11.4 Å². The van der Waals surface area contributed by atoms with Crippen molar-refractivity contribution in [3.63, 3.8) is 0 Å². The van der Waals surface area contributed by atoms with Crippen molar-refractivity contribution in [1.29, 1.82) is 0 Å². The van der Waals surface area contributed by atoms with Crippen LogP contribution in [0.1, 0.15) is 25.7 Å². The number of piperidine rings is 1. The highest BCUT2D eigenvalue weighted by Crippen LogP contribution is 2.34. The molecule has 32 heavy (non-hydrogen) atoms. The molecule has 3 fully saturated rings. The summed E-state index contributed by atoms with van der Waals surface area (Å²) in [6.07, 6.45) is 4.34. The van der Waals surface area contributed by atoms with E-state index in [0.717, 1.165) is 25.2 Å². The number of hydrogen-bond acceptors (Lipinski definition) is 7. The van der Waals surface area contributed by atoms with E-state index in [1.807, 2.05) is 9.80 Å². The lowest BCUT2D eigenvalue weighted by molar-refractivity contribution is -0.384. The predicted octanol–water partition coefficient (Wildman–Crippen LogP) is 1.30. The fraction of sp³-hybridized carbons (Fsp3) is 0.619. The smallest absolute Gasteiger partial charge is 0.293 e. The molecule has 174 valence electrons. The van der Waals surface area contributed by atoms with Crippen molar-refractivity contribution in [2.75, 3.05) is 50.4 Å². The van der Waals surface area contributed by atoms with E-state index in [0.29, 0.717) is 57.8 Å². The number of rotatable bonds is 5. The largest absolute Gasteiger partial charge is 0.362 e. The van der Waals surface area contributed by atoms with E-state index in [9.17, 15) is 28.1 Å². The van der Waals surface area contributed by atoms with Crippen LogP contribution in [0.15, 0.2) is 23.1 Å². The highest BCUT2D eigenvalue weighted by atomic mass is 32.2. The van der Waals surface area contributed by atoms with E-state index in [1.54, 1.807) is 4.90 Å². The highest BCUT2D eigenvalue weighted by molar-refractivity contribution is 7.90. The van der Waals surface area contributed by atoms with Gasteiger partial charge in [0.1, 0.15) is 5.69 Å². The Kier molecular flexibility index (Phi) is 6.11. The molecule has 0 unspecified atom stereocenters. The minimum atomic E-state index is -3.55. The van der Waals surface area contributed by atoms with Gasteiger partial charge in [0.15, 0.2) is 9.84 Å². The van der Waals surface area contributed by atoms with Gasteiger partial charge in [0.25, 0.3) is 5.69 Å². The maximum Gasteiger partial charge on any atom is 0.293 e. The summed E-state index contributed by atoms with van der Waals surface area (Å²) >= 11 is 0. The van der Waals surface area contributed by atoms with Gasteiger partial charge in [0, 0.05) is 63.4 Å². The predicted molar refractivity (Wildman–Crippen MR) is 117 cm³/mol. The van der Waals surface area contributed by atoms with E-state index < -0.39 is 14.8 Å². The van der Waals surface area contributed by atoms with E-state index in [2.05, 4.69) is 0 Å². The first kappa shape index (κ1) is 22.5. The second kappa shape index (κ2) is 8.68. The lowest BCUT2D eigenvalue weighted by Gasteiger charge is -2.39. The highest BCUT2D eigenvalue weighted by Gasteiger charge is 2.37. The molecule has 2 amide bonds. The Hall–Kier alpha value is -2.69. The first-order valence-corrected chi connectivity index (χ1v) is 12.9. The molecule has 0 bridgehead atoms. The monoisotopic (exact) mass is 464 g/mol. The molecule has 4 rings (SSSR count). The number of amides is 2. The van der Waals surface area contributed by atoms with Crippen molar-refractivity contribution >= 4 is 33.0 Å². The topological polar surface area (TPSA) is 121 Å². The van der Waals surface area contributed by atoms with Crippen molar-refractivity contribution in [2.45, 2.75) is 30.6 Å². The minimum Gasteiger partial charge on any atom is -0.362 e. The summed E-state index contributed by atoms with van der Waals surface area (Å²) < 4.78 is 23.5. The van der Waals surface area contributed by atoms with Gasteiger partial charge in [-0.2, -0.15) is 0 Å². The van der Waals surface area contributed by atoms with Crippen LogP contribution in [0.5, 0.6) is 0 Å². The Morgan fingerprint density at radius 2 is 1.44 bits per heavy atom. The fourth-order valence-electron chi connectivity index (χ4n) is 4.51. The molecule has 0 aromatic heterocycles. The second-order valence-corrected chi connectivity index (χ2v) is 10.9. The van der Waals surface area contributed by atoms with Crippen LogP contribution in [-0.4, -0.2) is 80.5 Å². The van der Waals surface area contributed by atoms with Crippen LogP contribution in [-0.2, 0) is 19.4 Å². The van der Waals surface area contributed by atoms with Crippen LogP contribution in [0, 0.1) is 22.0 Å². The van der Waals surface area contributed by atoms with Gasteiger partial charge in [-0.1, -0.05) is 0 Å². The fourth-order valence-corrected chi connectivity index (χ4v) is 5.15. The third-order valence-electron chi connectivity index (χ3n) is 6.59. The summed E-state index contributed by atoms with van der Waals surface area (Å²) in [6, 6.07) is 3.95. The zero-order valence-electron chi connectivity index (χ0n) is 18.1. The summed E-state index contributed by atoms with van der Waals surface area (Å²) in [4.78, 5) is 41.6. The molecule has 2 heterocycles. The molecule has 0 atom stereocenters. The quantitative estimate of drug-likeness (QED) is 0.475. The number of carbonyl (C=O) groups excluding carboxylic acids is 2. The third kappa shape index (κ3) is 4.72. The molecule has 1 aliphatic carbocycles. The van der Waals surface area contributed by atoms with Crippen molar-refractivity contribution in [3.8, 4) is 0 Å². The molecule has 11 heteroatoms. The van der Waals surface area contributed by atoms with Gasteiger partial charge in [0.2, 0.25) is 11.8 Å². The van der Waals surface area contributed by atoms with Gasteiger partial charge in [-0.3, -0.25) is 19.7 Å². The van der Waals surface area contributed by atoms with Crippen LogP contribution in [0.3, 0.4) is 0 Å². The number of benzene rings is 1. The number of nitro benzene ring substituents is 1. The average molecular weight is 465 g/mol. The summed E-state index contributed by atoms with van der Waals surface area (Å²) in [5, 5.41) is 11.5. The Labute approximate surface area is 187 Å². The van der Waals surface area contributed by atoms with Crippen LogP contribution in [0.25, 0.3) is 0 Å². The standard InChI is InChI=1S/C21H28N4O6S/c1-32(30,31)17-4-5-18(19(14-17)25(28)29)22-10-12-24(13-11-22)21(27)16-6-8-23(9-7-16)20(26)15-2-3-15/h4-5,14-16H,2-3,6-13H2,1H3. The zero-order chi connectivity index (χ0) is 23.0. The van der Waals surface area contributed by atoms with Crippen molar-refractivity contribution in [2.24, 2.45) is 11.8 Å². The lowest BCUT2D eigenvalue weighted by Crippen LogP contribution is -2.52. The summed E-state index contributed by atoms with van der Waals surface area (Å²) in [5.74, 6) is 0.428. The number of carbonyl (C=O) groups is 2. The molecule has 1 saturated carbocycles. The number of hydrogen-bond donors (Lipinski definition) is 0. The molecular formula is C21H28N4O6S. The van der Waals surface area contributed by atoms with Crippen LogP contribution < -0.4 is 4.90 Å². The molecule has 2 aliphatic heterocycles. The molecule has 0 N–H and O–H groups in total. The summed E-state index contributed by atoms with van der Waals surface area (Å²) in [6.45, 7) is 3.03. The first-order valence-electron chi connectivity index (χ1n) is 11.0. The average Bonchev–Trinajstić information content (AvgIpc) is 3.63. The number of piperazine rings is 1. The number of nitrogens with zero attached hydrogens (tertiary/aromatic N) is 4. The van der Waals surface area contributed by atoms with Gasteiger partial charge in [-0.05, 0) is 37.8 Å². The van der Waals surface area contributed by atoms with E-state index in [-0.39, 0.29) is 34.2 Å². The van der Waals surface area contributed by atoms with Gasteiger partial charge in [-0.25, -0.2) is 8.42 Å². The van der Waals surface area contributed by atoms with E-state index in [1.165, 1.54) is 12.1 Å². The Morgan fingerprint density at radius 1 is 0.906 bits per heavy atom. The molecule has 1 aromatic carbocycles. The second-order valence-electron chi connectivity index (χ2n) is 8.87. The summed E-state index contributed by atoms with van der Waals surface area (Å²) in [7, 11) is -3.55. The maximum atomic E-state index is 13.0. The number of nitro groups is 1. The lowest BCUT2D eigenvalue weighted by atomic mass is 9.94. The molecular weight excluding hydrogens is 436 g/mol. The Morgan fingerprint density at radius 3 is 1.94 bits per heavy atom. The molecule has 10 nitrogen and oxygen atoms in total. The van der Waals surface area contributed by atoms with Crippen molar-refractivity contribution in [1.82, 2.24) is 9.80 Å². The Balaban J connectivity index is 1.35. The molecule has 3 aliphatic rings. The molecule has 0 spiro atoms. The first-order chi connectivity index (χ1) is 15.1. The van der Waals surface area contributed by atoms with Crippen molar-refractivity contribution < 1.29 is 22.9 Å². The van der Waals surface area contributed by atoms with Crippen LogP contribution in [0.2, 0.25) is 0 Å².